The Hall–Kier alpha value is -6.65. The molecule has 0 aliphatic heterocycles. The number of nitrogens with zero attached hydrogens (tertiary/aromatic N) is 4. The molecule has 0 saturated carbocycles. The van der Waals surface area contributed by atoms with Crippen molar-refractivity contribution in [2.24, 2.45) is 0 Å². The first kappa shape index (κ1) is 28.4. The zero-order chi connectivity index (χ0) is 33.0. The van der Waals surface area contributed by atoms with E-state index in [1.54, 1.807) is 0 Å². The van der Waals surface area contributed by atoms with Crippen molar-refractivity contribution < 1.29 is 0 Å². The summed E-state index contributed by atoms with van der Waals surface area (Å²) in [5.74, 6) is 2.06. The molecule has 50 heavy (non-hydrogen) atoms. The monoisotopic (exact) mass is 638 g/mol. The van der Waals surface area contributed by atoms with E-state index in [9.17, 15) is 0 Å². The minimum Gasteiger partial charge on any atom is -0.309 e. The number of aromatic nitrogens is 4. The quantitative estimate of drug-likeness (QED) is 0.188. The van der Waals surface area contributed by atoms with Gasteiger partial charge in [0.1, 0.15) is 0 Å². The topological polar surface area (TPSA) is 43.6 Å². The van der Waals surface area contributed by atoms with E-state index in [-0.39, 0.29) is 5.92 Å². The fourth-order valence-electron chi connectivity index (χ4n) is 7.68. The lowest BCUT2D eigenvalue weighted by Crippen LogP contribution is -2.02. The van der Waals surface area contributed by atoms with Gasteiger partial charge in [-0.25, -0.2) is 15.0 Å². The van der Waals surface area contributed by atoms with Crippen molar-refractivity contribution in [2.75, 3.05) is 0 Å². The van der Waals surface area contributed by atoms with Crippen LogP contribution in [0.1, 0.15) is 22.6 Å². The summed E-state index contributed by atoms with van der Waals surface area (Å²) in [5, 5.41) is 2.53. The molecule has 4 heteroatoms. The highest BCUT2D eigenvalue weighted by Crippen LogP contribution is 2.49. The molecular formula is C46H30N4. The summed E-state index contributed by atoms with van der Waals surface area (Å²) in [6.45, 7) is 0. The van der Waals surface area contributed by atoms with Crippen LogP contribution in [0.3, 0.4) is 0 Å². The van der Waals surface area contributed by atoms with Crippen LogP contribution in [-0.4, -0.2) is 19.5 Å². The molecule has 2 aromatic heterocycles. The van der Waals surface area contributed by atoms with Crippen molar-refractivity contribution in [3.8, 4) is 51.0 Å². The maximum absolute atomic E-state index is 5.02. The molecule has 0 radical (unpaired) electrons. The maximum atomic E-state index is 5.02. The van der Waals surface area contributed by atoms with E-state index >= 15 is 0 Å². The second-order valence-electron chi connectivity index (χ2n) is 12.8. The molecule has 0 saturated heterocycles. The second-order valence-corrected chi connectivity index (χ2v) is 12.8. The Labute approximate surface area is 290 Å². The first-order valence-corrected chi connectivity index (χ1v) is 17.0. The highest BCUT2D eigenvalue weighted by Gasteiger charge is 2.30. The number of rotatable bonds is 5. The first-order valence-electron chi connectivity index (χ1n) is 17.0. The van der Waals surface area contributed by atoms with Gasteiger partial charge in [-0.05, 0) is 58.1 Å². The molecule has 4 nitrogen and oxygen atoms in total. The third-order valence-corrected chi connectivity index (χ3v) is 9.93. The summed E-state index contributed by atoms with van der Waals surface area (Å²) in [6, 6.07) is 62.2. The lowest BCUT2D eigenvalue weighted by Gasteiger charge is -2.16. The molecule has 234 valence electrons. The van der Waals surface area contributed by atoms with E-state index in [4.69, 9.17) is 15.0 Å². The van der Waals surface area contributed by atoms with Gasteiger partial charge in [-0.15, -0.1) is 0 Å². The minimum absolute atomic E-state index is 0.0809. The average molecular weight is 639 g/mol. The van der Waals surface area contributed by atoms with E-state index in [0.717, 1.165) is 22.4 Å². The highest BCUT2D eigenvalue weighted by atomic mass is 15.0. The normalized spacial score (nSPS) is 13.4. The zero-order valence-corrected chi connectivity index (χ0v) is 27.1. The summed E-state index contributed by atoms with van der Waals surface area (Å²) >= 11 is 0. The molecule has 1 aliphatic rings. The molecule has 7 aromatic carbocycles. The van der Waals surface area contributed by atoms with Gasteiger partial charge in [0, 0.05) is 39.1 Å². The molecule has 2 heterocycles. The van der Waals surface area contributed by atoms with E-state index in [2.05, 4.69) is 120 Å². The average Bonchev–Trinajstić information content (AvgIpc) is 3.71. The molecule has 0 amide bonds. The molecule has 0 spiro atoms. The summed E-state index contributed by atoms with van der Waals surface area (Å²) in [5.41, 5.74) is 12.8. The predicted molar refractivity (Wildman–Crippen MR) is 203 cm³/mol. The Kier molecular flexibility index (Phi) is 6.53. The Bertz CT molecular complexity index is 2600. The van der Waals surface area contributed by atoms with Crippen LogP contribution in [0.5, 0.6) is 0 Å². The maximum Gasteiger partial charge on any atom is 0.164 e. The number of hydrogen-bond acceptors (Lipinski definition) is 3. The van der Waals surface area contributed by atoms with E-state index < -0.39 is 0 Å². The molecule has 0 bridgehead atoms. The van der Waals surface area contributed by atoms with Crippen LogP contribution in [0, 0.1) is 0 Å². The lowest BCUT2D eigenvalue weighted by atomic mass is 9.88. The van der Waals surface area contributed by atoms with E-state index in [1.165, 1.54) is 49.6 Å². The van der Waals surface area contributed by atoms with E-state index in [1.807, 2.05) is 60.7 Å². The Morgan fingerprint density at radius 2 is 0.900 bits per heavy atom. The first-order chi connectivity index (χ1) is 24.8. The Morgan fingerprint density at radius 3 is 1.56 bits per heavy atom. The van der Waals surface area contributed by atoms with Crippen LogP contribution in [0.4, 0.5) is 0 Å². The molecule has 0 fully saturated rings. The fraction of sp³-hybridized carbons (Fsp3) is 0.0217. The van der Waals surface area contributed by atoms with Gasteiger partial charge >= 0.3 is 0 Å². The largest absolute Gasteiger partial charge is 0.309 e. The van der Waals surface area contributed by atoms with Crippen LogP contribution < -0.4 is 0 Å². The molecule has 10 rings (SSSR count). The Morgan fingerprint density at radius 1 is 0.380 bits per heavy atom. The summed E-state index contributed by atoms with van der Waals surface area (Å²) in [7, 11) is 0. The van der Waals surface area contributed by atoms with E-state index in [0.29, 0.717) is 17.5 Å². The van der Waals surface area contributed by atoms with Gasteiger partial charge in [0.15, 0.2) is 17.5 Å². The molecule has 1 unspecified atom stereocenters. The molecule has 1 aliphatic carbocycles. The van der Waals surface area contributed by atoms with Gasteiger partial charge in [0.2, 0.25) is 0 Å². The van der Waals surface area contributed by atoms with Crippen molar-refractivity contribution >= 4 is 21.8 Å². The summed E-state index contributed by atoms with van der Waals surface area (Å²) < 4.78 is 2.40. The van der Waals surface area contributed by atoms with Gasteiger partial charge in [0.05, 0.1) is 11.0 Å². The van der Waals surface area contributed by atoms with Crippen LogP contribution in [0.25, 0.3) is 72.8 Å². The van der Waals surface area contributed by atoms with Gasteiger partial charge < -0.3 is 4.57 Å². The standard InChI is InChI=1S/C46H30N4/c1-3-14-30(15-4-1)44-47-45(31-16-5-2-6-17-31)49-46(48-44)33-19-13-18-32(28-33)43-38-23-8-7-20-35(38)40-29-34(26-27-39(40)43)50-41-24-11-9-21-36(41)37-22-10-12-25-42(37)50/h1-29,43H. The molecular weight excluding hydrogens is 609 g/mol. The minimum atomic E-state index is 0.0809. The molecule has 1 atom stereocenters. The molecule has 0 N–H and O–H groups in total. The molecule has 9 aromatic rings. The number of fused-ring (bicyclic) bond motifs is 6. The zero-order valence-electron chi connectivity index (χ0n) is 27.1. The number of benzene rings is 7. The van der Waals surface area contributed by atoms with Gasteiger partial charge in [-0.3, -0.25) is 0 Å². The smallest absolute Gasteiger partial charge is 0.164 e. The van der Waals surface area contributed by atoms with Crippen molar-refractivity contribution in [1.29, 1.82) is 0 Å². The van der Waals surface area contributed by atoms with Gasteiger partial charge in [-0.1, -0.05) is 146 Å². The number of hydrogen-bond donors (Lipinski definition) is 0. The fourth-order valence-corrected chi connectivity index (χ4v) is 7.68. The number of para-hydroxylation sites is 2. The van der Waals surface area contributed by atoms with Crippen LogP contribution in [0.2, 0.25) is 0 Å². The van der Waals surface area contributed by atoms with Crippen LogP contribution in [-0.2, 0) is 0 Å². The summed E-state index contributed by atoms with van der Waals surface area (Å²) in [4.78, 5) is 14.9. The third-order valence-electron chi connectivity index (χ3n) is 9.93. The van der Waals surface area contributed by atoms with Crippen molar-refractivity contribution in [3.63, 3.8) is 0 Å². The van der Waals surface area contributed by atoms with Crippen molar-refractivity contribution in [2.45, 2.75) is 5.92 Å². The SMILES string of the molecule is c1ccc(-c2nc(-c3ccccc3)nc(-c3cccc(C4c5ccccc5-c5cc(-n6c7ccccc7c7ccccc76)ccc54)c3)n2)cc1. The highest BCUT2D eigenvalue weighted by molar-refractivity contribution is 6.09. The van der Waals surface area contributed by atoms with Crippen molar-refractivity contribution in [1.82, 2.24) is 19.5 Å². The van der Waals surface area contributed by atoms with Gasteiger partial charge in [-0.2, -0.15) is 0 Å². The van der Waals surface area contributed by atoms with Crippen molar-refractivity contribution in [3.05, 3.63) is 193 Å². The predicted octanol–water partition coefficient (Wildman–Crippen LogP) is 11.1. The second kappa shape index (κ2) is 11.5. The van der Waals surface area contributed by atoms with Gasteiger partial charge in [0.25, 0.3) is 0 Å². The van der Waals surface area contributed by atoms with Crippen LogP contribution >= 0.6 is 0 Å². The van der Waals surface area contributed by atoms with Crippen LogP contribution in [0.15, 0.2) is 176 Å². The lowest BCUT2D eigenvalue weighted by molar-refractivity contribution is 1.01. The summed E-state index contributed by atoms with van der Waals surface area (Å²) in [6.07, 6.45) is 0. The third kappa shape index (κ3) is 4.57. The Balaban J connectivity index is 1.12.